The van der Waals surface area contributed by atoms with Crippen LogP contribution in [0.25, 0.3) is 0 Å². The summed E-state index contributed by atoms with van der Waals surface area (Å²) in [5.41, 5.74) is 0.361. The van der Waals surface area contributed by atoms with Crippen LogP contribution in [0.1, 0.15) is 53.3 Å². The molecule has 1 unspecified atom stereocenters. The van der Waals surface area contributed by atoms with Crippen LogP contribution in [0, 0.1) is 6.92 Å². The van der Waals surface area contributed by atoms with Crippen molar-refractivity contribution >= 4 is 17.7 Å². The second kappa shape index (κ2) is 9.75. The SMILES string of the molecule is CSCCN1CCC(NC(=O)c2c(C)cc(C3CCCNC3)oc2=O)CC1. The predicted molar refractivity (Wildman–Crippen MR) is 110 cm³/mol. The minimum absolute atomic E-state index is 0.129. The molecule has 6 nitrogen and oxygen atoms in total. The summed E-state index contributed by atoms with van der Waals surface area (Å²) in [5.74, 6) is 1.76. The van der Waals surface area contributed by atoms with Gasteiger partial charge < -0.3 is 20.0 Å². The number of thioether (sulfide) groups is 1. The molecule has 27 heavy (non-hydrogen) atoms. The van der Waals surface area contributed by atoms with Crippen molar-refractivity contribution in [2.45, 2.75) is 44.6 Å². The number of likely N-dealkylation sites (tertiary alicyclic amines) is 1. The Morgan fingerprint density at radius 1 is 1.37 bits per heavy atom. The van der Waals surface area contributed by atoms with E-state index in [2.05, 4.69) is 21.8 Å². The minimum Gasteiger partial charge on any atom is -0.427 e. The van der Waals surface area contributed by atoms with Gasteiger partial charge in [0.2, 0.25) is 0 Å². The van der Waals surface area contributed by atoms with Gasteiger partial charge in [-0.1, -0.05) is 0 Å². The maximum atomic E-state index is 12.7. The van der Waals surface area contributed by atoms with E-state index >= 15 is 0 Å². The molecule has 2 aliphatic heterocycles. The fourth-order valence-electron chi connectivity index (χ4n) is 3.98. The maximum absolute atomic E-state index is 12.7. The molecule has 2 saturated heterocycles. The van der Waals surface area contributed by atoms with Crippen LogP contribution in [-0.2, 0) is 0 Å². The monoisotopic (exact) mass is 393 g/mol. The van der Waals surface area contributed by atoms with E-state index in [-0.39, 0.29) is 23.4 Å². The Labute approximate surface area is 165 Å². The van der Waals surface area contributed by atoms with Gasteiger partial charge in [-0.25, -0.2) is 4.79 Å². The molecule has 1 amide bonds. The summed E-state index contributed by atoms with van der Waals surface area (Å²) in [6.07, 6.45) is 6.06. The number of nitrogens with zero attached hydrogens (tertiary/aromatic N) is 1. The van der Waals surface area contributed by atoms with Crippen LogP contribution in [0.5, 0.6) is 0 Å². The normalized spacial score (nSPS) is 21.9. The zero-order chi connectivity index (χ0) is 19.2. The quantitative estimate of drug-likeness (QED) is 0.770. The Hall–Kier alpha value is -1.31. The molecule has 2 fully saturated rings. The van der Waals surface area contributed by atoms with Gasteiger partial charge in [0.25, 0.3) is 5.91 Å². The number of carbonyl (C=O) groups excluding carboxylic acids is 1. The lowest BCUT2D eigenvalue weighted by molar-refractivity contribution is 0.0907. The van der Waals surface area contributed by atoms with Crippen LogP contribution in [-0.4, -0.2) is 61.6 Å². The van der Waals surface area contributed by atoms with Gasteiger partial charge in [-0.05, 0) is 57.0 Å². The molecule has 0 aliphatic carbocycles. The molecule has 1 aromatic rings. The highest BCUT2D eigenvalue weighted by Crippen LogP contribution is 2.23. The molecule has 7 heteroatoms. The van der Waals surface area contributed by atoms with Gasteiger partial charge in [0, 0.05) is 43.9 Å². The third-order valence-electron chi connectivity index (χ3n) is 5.63. The lowest BCUT2D eigenvalue weighted by Gasteiger charge is -2.32. The van der Waals surface area contributed by atoms with E-state index in [1.54, 1.807) is 0 Å². The molecule has 0 spiro atoms. The van der Waals surface area contributed by atoms with Crippen LogP contribution in [0.2, 0.25) is 0 Å². The molecule has 0 saturated carbocycles. The third-order valence-corrected chi connectivity index (χ3v) is 6.22. The van der Waals surface area contributed by atoms with E-state index in [9.17, 15) is 9.59 Å². The molecule has 1 atom stereocenters. The summed E-state index contributed by atoms with van der Waals surface area (Å²) in [6.45, 7) is 6.75. The zero-order valence-corrected chi connectivity index (χ0v) is 17.2. The van der Waals surface area contributed by atoms with Crippen molar-refractivity contribution in [3.63, 3.8) is 0 Å². The maximum Gasteiger partial charge on any atom is 0.349 e. The van der Waals surface area contributed by atoms with Gasteiger partial charge in [-0.3, -0.25) is 4.79 Å². The van der Waals surface area contributed by atoms with Crippen molar-refractivity contribution < 1.29 is 9.21 Å². The van der Waals surface area contributed by atoms with Crippen molar-refractivity contribution in [2.75, 3.05) is 44.7 Å². The minimum atomic E-state index is -0.509. The second-order valence-electron chi connectivity index (χ2n) is 7.62. The number of carbonyl (C=O) groups is 1. The Morgan fingerprint density at radius 2 is 2.15 bits per heavy atom. The Kier molecular flexibility index (Phi) is 7.38. The van der Waals surface area contributed by atoms with Crippen molar-refractivity contribution in [3.05, 3.63) is 33.4 Å². The number of hydrogen-bond donors (Lipinski definition) is 2. The molecule has 1 aromatic heterocycles. The van der Waals surface area contributed by atoms with Crippen molar-refractivity contribution in [2.24, 2.45) is 0 Å². The Bertz CT molecular complexity index is 692. The molecular formula is C20H31N3O3S. The summed E-state index contributed by atoms with van der Waals surface area (Å²) >= 11 is 1.86. The van der Waals surface area contributed by atoms with E-state index in [4.69, 9.17) is 4.42 Å². The number of piperidine rings is 2. The summed E-state index contributed by atoms with van der Waals surface area (Å²) in [5, 5.41) is 6.38. The van der Waals surface area contributed by atoms with E-state index in [1.807, 2.05) is 24.8 Å². The molecule has 0 bridgehead atoms. The first-order valence-corrected chi connectivity index (χ1v) is 11.4. The smallest absolute Gasteiger partial charge is 0.349 e. The van der Waals surface area contributed by atoms with Crippen LogP contribution in [0.3, 0.4) is 0 Å². The summed E-state index contributed by atoms with van der Waals surface area (Å²) < 4.78 is 5.53. The van der Waals surface area contributed by atoms with E-state index < -0.39 is 5.63 Å². The third kappa shape index (κ3) is 5.36. The van der Waals surface area contributed by atoms with Crippen LogP contribution in [0.4, 0.5) is 0 Å². The Balaban J connectivity index is 1.61. The highest BCUT2D eigenvalue weighted by atomic mass is 32.2. The largest absolute Gasteiger partial charge is 0.427 e. The lowest BCUT2D eigenvalue weighted by Crippen LogP contribution is -2.46. The van der Waals surface area contributed by atoms with E-state index in [1.165, 1.54) is 0 Å². The number of rotatable bonds is 6. The number of nitrogens with one attached hydrogen (secondary N) is 2. The molecule has 2 aliphatic rings. The first-order valence-electron chi connectivity index (χ1n) is 9.96. The molecule has 3 heterocycles. The standard InChI is InChI=1S/C20H31N3O3S/c1-14-12-17(15-4-3-7-21-13-15)26-20(25)18(14)19(24)22-16-5-8-23(9-6-16)10-11-27-2/h12,15-16,21H,3-11,13H2,1-2H3,(H,22,24). The predicted octanol–water partition coefficient (Wildman–Crippen LogP) is 1.97. The summed E-state index contributed by atoms with van der Waals surface area (Å²) in [7, 11) is 0. The van der Waals surface area contributed by atoms with Gasteiger partial charge in [0.1, 0.15) is 11.3 Å². The first-order chi connectivity index (χ1) is 13.1. The molecule has 0 radical (unpaired) electrons. The molecule has 2 N–H and O–H groups in total. The van der Waals surface area contributed by atoms with E-state index in [0.29, 0.717) is 11.3 Å². The van der Waals surface area contributed by atoms with Gasteiger partial charge in [0.05, 0.1) is 0 Å². The van der Waals surface area contributed by atoms with Gasteiger partial charge >= 0.3 is 5.63 Å². The van der Waals surface area contributed by atoms with E-state index in [0.717, 1.165) is 64.2 Å². The number of amides is 1. The molecular weight excluding hydrogens is 362 g/mol. The van der Waals surface area contributed by atoms with Crippen molar-refractivity contribution in [1.29, 1.82) is 0 Å². The Morgan fingerprint density at radius 3 is 2.78 bits per heavy atom. The average molecular weight is 394 g/mol. The van der Waals surface area contributed by atoms with Crippen molar-refractivity contribution in [1.82, 2.24) is 15.5 Å². The van der Waals surface area contributed by atoms with Crippen molar-refractivity contribution in [3.8, 4) is 0 Å². The number of hydrogen-bond acceptors (Lipinski definition) is 6. The van der Waals surface area contributed by atoms with Crippen LogP contribution >= 0.6 is 11.8 Å². The highest BCUT2D eigenvalue weighted by molar-refractivity contribution is 7.98. The summed E-state index contributed by atoms with van der Waals surface area (Å²) in [6, 6.07) is 2.00. The zero-order valence-electron chi connectivity index (χ0n) is 16.4. The fraction of sp³-hybridized carbons (Fsp3) is 0.700. The average Bonchev–Trinajstić information content (AvgIpc) is 2.67. The molecule has 3 rings (SSSR count). The first kappa shape index (κ1) is 20.4. The highest BCUT2D eigenvalue weighted by Gasteiger charge is 2.25. The van der Waals surface area contributed by atoms with Crippen LogP contribution < -0.4 is 16.3 Å². The lowest BCUT2D eigenvalue weighted by atomic mass is 9.95. The summed E-state index contributed by atoms with van der Waals surface area (Å²) in [4.78, 5) is 27.6. The fourth-order valence-corrected chi connectivity index (χ4v) is 4.42. The molecule has 0 aromatic carbocycles. The topological polar surface area (TPSA) is 74.6 Å². The molecule has 150 valence electrons. The van der Waals surface area contributed by atoms with Gasteiger partial charge in [-0.15, -0.1) is 0 Å². The second-order valence-corrected chi connectivity index (χ2v) is 8.61. The van der Waals surface area contributed by atoms with Gasteiger partial charge in [0.15, 0.2) is 0 Å². The van der Waals surface area contributed by atoms with Crippen LogP contribution in [0.15, 0.2) is 15.3 Å². The van der Waals surface area contributed by atoms with Gasteiger partial charge in [-0.2, -0.15) is 11.8 Å². The number of aryl methyl sites for hydroxylation is 1.